The number of ether oxygens (including phenoxy) is 2. The van der Waals surface area contributed by atoms with Crippen LogP contribution >= 0.6 is 23.2 Å². The summed E-state index contributed by atoms with van der Waals surface area (Å²) in [6.07, 6.45) is 0. The van der Waals surface area contributed by atoms with Crippen LogP contribution in [0.5, 0.6) is 11.5 Å². The largest absolute Gasteiger partial charge is 0.495 e. The molecule has 0 fully saturated rings. The highest BCUT2D eigenvalue weighted by Gasteiger charge is 2.09. The van der Waals surface area contributed by atoms with Crippen molar-refractivity contribution in [3.63, 3.8) is 0 Å². The zero-order valence-corrected chi connectivity index (χ0v) is 9.85. The highest BCUT2D eigenvalue weighted by atomic mass is 35.5. The van der Waals surface area contributed by atoms with Crippen LogP contribution in [0, 0.1) is 0 Å². The van der Waals surface area contributed by atoms with E-state index in [-0.39, 0.29) is 12.4 Å². The molecule has 0 atom stereocenters. The molecule has 0 saturated carbocycles. The SMILES string of the molecule is COc1cc(OCC(C)=O)c(Cl)cc1Cl. The van der Waals surface area contributed by atoms with Gasteiger partial charge in [0.1, 0.15) is 18.1 Å². The Kier molecular flexibility index (Phi) is 4.24. The van der Waals surface area contributed by atoms with Gasteiger partial charge in [0.2, 0.25) is 0 Å². The third kappa shape index (κ3) is 3.29. The normalized spacial score (nSPS) is 9.87. The predicted molar refractivity (Wildman–Crippen MR) is 59.2 cm³/mol. The number of hydrogen-bond acceptors (Lipinski definition) is 3. The molecule has 5 heteroatoms. The van der Waals surface area contributed by atoms with Crippen LogP contribution in [0.1, 0.15) is 6.92 Å². The van der Waals surface area contributed by atoms with Crippen molar-refractivity contribution < 1.29 is 14.3 Å². The minimum Gasteiger partial charge on any atom is -0.495 e. The number of rotatable bonds is 4. The first-order valence-corrected chi connectivity index (χ1v) is 4.95. The number of methoxy groups -OCH3 is 1. The molecular formula is C10H10Cl2O3. The number of ketones is 1. The van der Waals surface area contributed by atoms with E-state index in [1.807, 2.05) is 0 Å². The molecule has 1 rings (SSSR count). The lowest BCUT2D eigenvalue weighted by atomic mass is 10.3. The quantitative estimate of drug-likeness (QED) is 0.822. The van der Waals surface area contributed by atoms with Crippen molar-refractivity contribution in [2.24, 2.45) is 0 Å². The Balaban J connectivity index is 2.92. The van der Waals surface area contributed by atoms with E-state index in [0.29, 0.717) is 21.5 Å². The maximum absolute atomic E-state index is 10.7. The molecule has 0 aliphatic rings. The van der Waals surface area contributed by atoms with Gasteiger partial charge in [0, 0.05) is 6.07 Å². The Morgan fingerprint density at radius 2 is 1.87 bits per heavy atom. The number of Topliss-reactive ketones (excluding diaryl/α,β-unsaturated/α-hetero) is 1. The fourth-order valence-electron chi connectivity index (χ4n) is 0.957. The Bertz CT molecular complexity index is 377. The van der Waals surface area contributed by atoms with E-state index in [1.54, 1.807) is 6.07 Å². The maximum atomic E-state index is 10.7. The lowest BCUT2D eigenvalue weighted by Crippen LogP contribution is -2.06. The molecule has 0 saturated heterocycles. The molecule has 0 radical (unpaired) electrons. The van der Waals surface area contributed by atoms with Gasteiger partial charge in [-0.15, -0.1) is 0 Å². The zero-order valence-electron chi connectivity index (χ0n) is 8.34. The van der Waals surface area contributed by atoms with Gasteiger partial charge in [-0.3, -0.25) is 4.79 Å². The summed E-state index contributed by atoms with van der Waals surface area (Å²) in [7, 11) is 1.49. The summed E-state index contributed by atoms with van der Waals surface area (Å²) >= 11 is 11.7. The lowest BCUT2D eigenvalue weighted by molar-refractivity contribution is -0.118. The molecule has 0 spiro atoms. The van der Waals surface area contributed by atoms with E-state index in [9.17, 15) is 4.79 Å². The molecule has 0 bridgehead atoms. The van der Waals surface area contributed by atoms with Crippen molar-refractivity contribution >= 4 is 29.0 Å². The molecule has 0 unspecified atom stereocenters. The Labute approximate surface area is 97.9 Å². The summed E-state index contributed by atoms with van der Waals surface area (Å²) in [5.74, 6) is 0.757. The van der Waals surface area contributed by atoms with Gasteiger partial charge in [0.05, 0.1) is 17.2 Å². The van der Waals surface area contributed by atoms with Crippen molar-refractivity contribution in [2.45, 2.75) is 6.92 Å². The third-order valence-corrected chi connectivity index (χ3v) is 2.23. The van der Waals surface area contributed by atoms with Crippen molar-refractivity contribution in [3.05, 3.63) is 22.2 Å². The standard InChI is InChI=1S/C10H10Cl2O3/c1-6(13)5-15-10-4-9(14-2)7(11)3-8(10)12/h3-4H,5H2,1-2H3. The molecule has 0 amide bonds. The molecule has 15 heavy (non-hydrogen) atoms. The molecule has 1 aromatic carbocycles. The predicted octanol–water partition coefficient (Wildman–Crippen LogP) is 2.97. The molecule has 1 aromatic rings. The first kappa shape index (κ1) is 12.1. The van der Waals surface area contributed by atoms with Crippen LogP contribution < -0.4 is 9.47 Å². The average molecular weight is 249 g/mol. The van der Waals surface area contributed by atoms with Crippen LogP contribution in [0.15, 0.2) is 12.1 Å². The van der Waals surface area contributed by atoms with Crippen LogP contribution in [0.3, 0.4) is 0 Å². The summed E-state index contributed by atoms with van der Waals surface area (Å²) in [6, 6.07) is 3.06. The Morgan fingerprint density at radius 3 is 2.40 bits per heavy atom. The second-order valence-corrected chi connectivity index (χ2v) is 3.72. The van der Waals surface area contributed by atoms with Crippen LogP contribution in [0.2, 0.25) is 10.0 Å². The summed E-state index contributed by atoms with van der Waals surface area (Å²) in [5, 5.41) is 0.750. The molecule has 0 aliphatic carbocycles. The van der Waals surface area contributed by atoms with Gasteiger partial charge in [0.15, 0.2) is 5.78 Å². The van der Waals surface area contributed by atoms with Gasteiger partial charge < -0.3 is 9.47 Å². The summed E-state index contributed by atoms with van der Waals surface area (Å²) in [6.45, 7) is 1.41. The van der Waals surface area contributed by atoms with Crippen LogP contribution in [0.4, 0.5) is 0 Å². The molecule has 0 N–H and O–H groups in total. The summed E-state index contributed by atoms with van der Waals surface area (Å²) in [4.78, 5) is 10.7. The van der Waals surface area contributed by atoms with E-state index in [2.05, 4.69) is 0 Å². The van der Waals surface area contributed by atoms with Crippen LogP contribution in [0.25, 0.3) is 0 Å². The summed E-state index contributed by atoms with van der Waals surface area (Å²) < 4.78 is 10.2. The topological polar surface area (TPSA) is 35.5 Å². The van der Waals surface area contributed by atoms with Crippen LogP contribution in [-0.4, -0.2) is 19.5 Å². The van der Waals surface area contributed by atoms with E-state index in [4.69, 9.17) is 32.7 Å². The number of hydrogen-bond donors (Lipinski definition) is 0. The number of halogens is 2. The monoisotopic (exact) mass is 248 g/mol. The van der Waals surface area contributed by atoms with E-state index in [0.717, 1.165) is 0 Å². The molecule has 3 nitrogen and oxygen atoms in total. The van der Waals surface area contributed by atoms with E-state index >= 15 is 0 Å². The molecule has 0 heterocycles. The number of carbonyl (C=O) groups is 1. The van der Waals surface area contributed by atoms with Crippen LogP contribution in [-0.2, 0) is 4.79 Å². The Morgan fingerprint density at radius 1 is 1.27 bits per heavy atom. The minimum atomic E-state index is -0.0833. The summed E-state index contributed by atoms with van der Waals surface area (Å²) in [5.41, 5.74) is 0. The van der Waals surface area contributed by atoms with Gasteiger partial charge in [-0.1, -0.05) is 23.2 Å². The fourth-order valence-corrected chi connectivity index (χ4v) is 1.47. The van der Waals surface area contributed by atoms with Crippen molar-refractivity contribution in [1.82, 2.24) is 0 Å². The second kappa shape index (κ2) is 5.24. The zero-order chi connectivity index (χ0) is 11.4. The van der Waals surface area contributed by atoms with E-state index < -0.39 is 0 Å². The lowest BCUT2D eigenvalue weighted by Gasteiger charge is -2.09. The highest BCUT2D eigenvalue weighted by Crippen LogP contribution is 2.35. The van der Waals surface area contributed by atoms with E-state index in [1.165, 1.54) is 20.1 Å². The van der Waals surface area contributed by atoms with Gasteiger partial charge in [-0.05, 0) is 13.0 Å². The molecule has 0 aliphatic heterocycles. The minimum absolute atomic E-state index is 0.0233. The molecule has 82 valence electrons. The van der Waals surface area contributed by atoms with Gasteiger partial charge in [0.25, 0.3) is 0 Å². The molecule has 0 aromatic heterocycles. The molecular weight excluding hydrogens is 239 g/mol. The number of carbonyl (C=O) groups excluding carboxylic acids is 1. The smallest absolute Gasteiger partial charge is 0.167 e. The second-order valence-electron chi connectivity index (χ2n) is 2.91. The third-order valence-electron chi connectivity index (χ3n) is 1.64. The Hall–Kier alpha value is -0.930. The fraction of sp³-hybridized carbons (Fsp3) is 0.300. The van der Waals surface area contributed by atoms with Gasteiger partial charge >= 0.3 is 0 Å². The van der Waals surface area contributed by atoms with Crippen molar-refractivity contribution in [2.75, 3.05) is 13.7 Å². The van der Waals surface area contributed by atoms with Crippen molar-refractivity contribution in [1.29, 1.82) is 0 Å². The number of benzene rings is 1. The first-order valence-electron chi connectivity index (χ1n) is 4.20. The van der Waals surface area contributed by atoms with Crippen molar-refractivity contribution in [3.8, 4) is 11.5 Å². The average Bonchev–Trinajstić information content (AvgIpc) is 2.16. The first-order chi connectivity index (χ1) is 7.04. The highest BCUT2D eigenvalue weighted by molar-refractivity contribution is 6.36. The van der Waals surface area contributed by atoms with Gasteiger partial charge in [-0.25, -0.2) is 0 Å². The van der Waals surface area contributed by atoms with Gasteiger partial charge in [-0.2, -0.15) is 0 Å². The maximum Gasteiger partial charge on any atom is 0.167 e.